The predicted molar refractivity (Wildman–Crippen MR) is 230 cm³/mol. The monoisotopic (exact) mass is 857 g/mol. The molecule has 0 bridgehead atoms. The fraction of sp³-hybridized carbons (Fsp3) is 0.378. The molecule has 17 heteroatoms. The van der Waals surface area contributed by atoms with Crippen molar-refractivity contribution in [2.24, 2.45) is 0 Å². The third kappa shape index (κ3) is 12.0. The van der Waals surface area contributed by atoms with E-state index in [0.717, 1.165) is 42.5 Å². The Morgan fingerprint density at radius 1 is 1.02 bits per heavy atom. The van der Waals surface area contributed by atoms with Gasteiger partial charge in [-0.05, 0) is 73.9 Å². The summed E-state index contributed by atoms with van der Waals surface area (Å²) in [7, 11) is 1.00. The molecule has 62 heavy (non-hydrogen) atoms. The number of anilines is 1. The first kappa shape index (κ1) is 53.0. The molecule has 0 aliphatic carbocycles. The predicted octanol–water partition coefficient (Wildman–Crippen LogP) is 2.23. The van der Waals surface area contributed by atoms with Crippen LogP contribution in [-0.4, -0.2) is 82.5 Å². The van der Waals surface area contributed by atoms with Crippen LogP contribution in [0, 0.1) is 11.3 Å². The summed E-state index contributed by atoms with van der Waals surface area (Å²) in [6.07, 6.45) is 11.7. The minimum Gasteiger partial charge on any atom is -0.477 e. The molecule has 0 spiro atoms. The first-order valence-corrected chi connectivity index (χ1v) is 19.6. The minimum absolute atomic E-state index is 0.00248. The number of carbonyl (C=O) groups excluding carboxylic acids is 7. The first-order chi connectivity index (χ1) is 29.8. The molecule has 3 aliphatic heterocycles. The van der Waals surface area contributed by atoms with Crippen molar-refractivity contribution >= 4 is 62.4 Å². The number of rotatable bonds is 13. The molecule has 4 heterocycles. The molecular formula is C45H57N6O11+. The van der Waals surface area contributed by atoms with E-state index in [1.165, 1.54) is 10.6 Å². The number of hydrogen-bond acceptors (Lipinski definition) is 13. The fourth-order valence-electron chi connectivity index (χ4n) is 6.94. The Morgan fingerprint density at radius 2 is 1.65 bits per heavy atom. The Labute approximate surface area is 361 Å². The van der Waals surface area contributed by atoms with Crippen molar-refractivity contribution in [3.05, 3.63) is 97.7 Å². The Morgan fingerprint density at radius 3 is 2.21 bits per heavy atom. The molecule has 2 N–H and O–H groups in total. The second-order valence-corrected chi connectivity index (χ2v) is 13.9. The van der Waals surface area contributed by atoms with Gasteiger partial charge >= 0.3 is 11.5 Å². The highest BCUT2D eigenvalue weighted by Crippen LogP contribution is 2.50. The molecule has 1 fully saturated rings. The van der Waals surface area contributed by atoms with Crippen LogP contribution in [0.5, 0.6) is 5.88 Å². The zero-order chi connectivity index (χ0) is 47.3. The molecular weight excluding hydrogens is 801 g/mol. The van der Waals surface area contributed by atoms with Gasteiger partial charge < -0.3 is 39.2 Å². The van der Waals surface area contributed by atoms with Gasteiger partial charge in [0.15, 0.2) is 0 Å². The lowest BCUT2D eigenvalue weighted by molar-refractivity contribution is -0.717. The topological polar surface area (TPSA) is 229 Å². The van der Waals surface area contributed by atoms with E-state index in [2.05, 4.69) is 37.5 Å². The summed E-state index contributed by atoms with van der Waals surface area (Å²) in [4.78, 5) is 95.2. The summed E-state index contributed by atoms with van der Waals surface area (Å²) in [6.45, 7) is 21.5. The molecule has 0 atom stereocenters. The number of fused-ring (bicyclic) bond motifs is 3. The zero-order valence-corrected chi connectivity index (χ0v) is 36.3. The van der Waals surface area contributed by atoms with Gasteiger partial charge in [-0.25, -0.2) is 9.59 Å². The van der Waals surface area contributed by atoms with E-state index < -0.39 is 23.2 Å². The summed E-state index contributed by atoms with van der Waals surface area (Å²) in [5.74, 6) is -2.36. The van der Waals surface area contributed by atoms with Gasteiger partial charge in [0, 0.05) is 62.5 Å². The van der Waals surface area contributed by atoms with Gasteiger partial charge in [0.05, 0.1) is 31.2 Å². The highest BCUT2D eigenvalue weighted by atomic mass is 16.7. The van der Waals surface area contributed by atoms with Crippen LogP contribution < -0.4 is 25.7 Å². The number of hydroxylamine groups is 2. The van der Waals surface area contributed by atoms with Crippen molar-refractivity contribution in [1.82, 2.24) is 14.5 Å². The molecule has 0 saturated carbocycles. The zero-order valence-electron chi connectivity index (χ0n) is 36.3. The molecule has 332 valence electrons. The number of carbonyl (C=O) groups is 7. The van der Waals surface area contributed by atoms with E-state index in [1.54, 1.807) is 21.6 Å². The normalized spacial score (nSPS) is 15.2. The summed E-state index contributed by atoms with van der Waals surface area (Å²) >= 11 is 0. The lowest BCUT2D eigenvalue weighted by atomic mass is 9.82. The van der Waals surface area contributed by atoms with Gasteiger partial charge in [0.2, 0.25) is 5.91 Å². The van der Waals surface area contributed by atoms with E-state index in [4.69, 9.17) is 24.3 Å². The average Bonchev–Trinajstić information content (AvgIpc) is 3.72. The number of imide groups is 1. The maximum Gasteiger partial charge on any atom is 0.348 e. The van der Waals surface area contributed by atoms with Crippen LogP contribution in [0.1, 0.15) is 84.3 Å². The summed E-state index contributed by atoms with van der Waals surface area (Å²) in [5.41, 5.74) is 4.55. The van der Waals surface area contributed by atoms with Crippen molar-refractivity contribution in [3.63, 3.8) is 0 Å². The van der Waals surface area contributed by atoms with Crippen molar-refractivity contribution in [3.8, 4) is 11.9 Å². The Balaban J connectivity index is 0.00000227. The molecule has 5 rings (SSSR count). The van der Waals surface area contributed by atoms with Crippen molar-refractivity contribution in [2.45, 2.75) is 98.2 Å². The highest BCUT2D eigenvalue weighted by Gasteiger charge is 2.41. The van der Waals surface area contributed by atoms with Crippen LogP contribution in [0.25, 0.3) is 12.7 Å². The number of benzene rings is 1. The van der Waals surface area contributed by atoms with Gasteiger partial charge in [0.25, 0.3) is 23.2 Å². The number of amides is 3. The van der Waals surface area contributed by atoms with Crippen LogP contribution in [0.15, 0.2) is 70.3 Å². The summed E-state index contributed by atoms with van der Waals surface area (Å²) in [5, 5.41) is 28.6. The number of allylic oxidation sites excluding steroid dienone is 7. The number of aromatic hydroxyl groups is 1. The number of aromatic nitrogens is 2. The third-order valence-corrected chi connectivity index (χ3v) is 10.0. The maximum atomic E-state index is 13.4. The van der Waals surface area contributed by atoms with Crippen molar-refractivity contribution < 1.29 is 53.2 Å². The molecule has 17 nitrogen and oxygen atoms in total. The van der Waals surface area contributed by atoms with Crippen LogP contribution in [0.4, 0.5) is 5.69 Å². The second-order valence-electron chi connectivity index (χ2n) is 13.9. The molecule has 3 aliphatic rings. The molecule has 1 saturated heterocycles. The number of aliphatic hydroxyl groups excluding tert-OH is 1. The van der Waals surface area contributed by atoms with Gasteiger partial charge in [-0.2, -0.15) is 14.4 Å². The number of nitrogens with zero attached hydrogens (tertiary/aromatic N) is 6. The lowest BCUT2D eigenvalue weighted by Crippen LogP contribution is -2.61. The quantitative estimate of drug-likeness (QED) is 0.168. The van der Waals surface area contributed by atoms with E-state index >= 15 is 0 Å². The van der Waals surface area contributed by atoms with Crippen molar-refractivity contribution in [1.29, 1.82) is 5.26 Å². The highest BCUT2D eigenvalue weighted by molar-refractivity contribution is 6.01. The van der Waals surface area contributed by atoms with Gasteiger partial charge in [0.1, 0.15) is 25.6 Å². The lowest BCUT2D eigenvalue weighted by Gasteiger charge is -2.27. The maximum absolute atomic E-state index is 13.4. The van der Waals surface area contributed by atoms with E-state index in [-0.39, 0.29) is 48.2 Å². The van der Waals surface area contributed by atoms with Gasteiger partial charge in [-0.15, -0.1) is 5.06 Å². The molecule has 0 radical (unpaired) electrons. The molecule has 1 aromatic carbocycles. The van der Waals surface area contributed by atoms with E-state index in [9.17, 15) is 34.3 Å². The number of nitriles is 1. The Kier molecular flexibility index (Phi) is 21.8. The molecule has 3 amide bonds. The summed E-state index contributed by atoms with van der Waals surface area (Å²) < 4.78 is 3.06. The Hall–Kier alpha value is -7.06. The van der Waals surface area contributed by atoms with Crippen LogP contribution in [0.3, 0.4) is 0 Å². The van der Waals surface area contributed by atoms with Crippen LogP contribution >= 0.6 is 0 Å². The number of hydrogen-bond donors (Lipinski definition) is 2. The smallest absolute Gasteiger partial charge is 0.348 e. The van der Waals surface area contributed by atoms with E-state index in [1.807, 2.05) is 71.6 Å². The molecule has 0 unspecified atom stereocenters. The molecule has 2 aromatic rings. The number of unbranched alkanes of at least 4 members (excludes halogenated alkanes) is 1. The van der Waals surface area contributed by atoms with Crippen LogP contribution in [0.2, 0.25) is 0 Å². The van der Waals surface area contributed by atoms with Gasteiger partial charge in [-0.1, -0.05) is 45.4 Å². The SMILES string of the molecule is C=O.C=O.C=O.C=c1n(CC)c(=O)/c(=C/C=C/C(C#N)=C2/C=CN3C(=C2)C(C)(C)c2cc(CN(CCCC)C(=O)CCC(=O)ON4C(=O)CCC4=O)ccc23)c(O)[n+]1CC.CO. The Bertz CT molecular complexity index is 2280. The molecule has 1 aromatic heterocycles. The first-order valence-electron chi connectivity index (χ1n) is 19.6. The third-order valence-electron chi connectivity index (χ3n) is 10.0. The standard InChI is InChI=1S/C41H46N6O7.CH4O.3CH2O/c1-7-10-21-43(35(48)18-19-38(51)54-47-36(49)16-17-37(47)50)26-28-14-15-33-32(23-28)41(5,6)34-24-29(20-22-46(33)34)30(25-42)12-11-13-31-39(52)44(8-2)27(4)45(9-3)40(31)53;4*1-2/h11-15,20,22-24H,4,7-10,16-19,21,26H2,1-3,5-6H3;2H,1H3;3*1H2/p+1/b12-11+,30-29+;;;;. The van der Waals surface area contributed by atoms with Crippen LogP contribution in [-0.2, 0) is 63.4 Å². The van der Waals surface area contributed by atoms with E-state index in [0.29, 0.717) is 47.9 Å². The fourth-order valence-corrected chi connectivity index (χ4v) is 6.94. The average molecular weight is 858 g/mol. The second kappa shape index (κ2) is 25.5. The largest absolute Gasteiger partial charge is 0.477 e. The van der Waals surface area contributed by atoms with Crippen molar-refractivity contribution in [2.75, 3.05) is 18.6 Å². The minimum atomic E-state index is -0.810. The van der Waals surface area contributed by atoms with Gasteiger partial charge in [-0.3, -0.25) is 14.4 Å². The number of aliphatic hydroxyl groups is 1. The summed E-state index contributed by atoms with van der Waals surface area (Å²) in [6, 6.07) is 8.35.